The van der Waals surface area contributed by atoms with Crippen molar-refractivity contribution in [2.45, 2.75) is 6.43 Å². The van der Waals surface area contributed by atoms with Gasteiger partial charge in [0.2, 0.25) is 0 Å². The summed E-state index contributed by atoms with van der Waals surface area (Å²) in [6.07, 6.45) is -2.42. The van der Waals surface area contributed by atoms with Gasteiger partial charge in [0.15, 0.2) is 11.7 Å². The van der Waals surface area contributed by atoms with Crippen LogP contribution in [0, 0.1) is 3.70 Å². The number of alkyl halides is 2. The number of nitrogens with one attached hydrogen (secondary N) is 1. The van der Waals surface area contributed by atoms with Gasteiger partial charge in [-0.3, -0.25) is 9.59 Å². The molecule has 0 amide bonds. The number of rotatable bonds is 2. The Morgan fingerprint density at radius 1 is 1.54 bits per heavy atom. The van der Waals surface area contributed by atoms with E-state index in [9.17, 15) is 18.4 Å². The standard InChI is InChI=1S/C7H4F2INO2/c8-6(9)5-4(13)1-3(2-12)11-7(5)10/h1-2,6H,(H,11,13). The molecule has 1 heterocycles. The summed E-state index contributed by atoms with van der Waals surface area (Å²) in [4.78, 5) is 23.6. The van der Waals surface area contributed by atoms with E-state index in [1.165, 1.54) is 0 Å². The van der Waals surface area contributed by atoms with Gasteiger partial charge in [0, 0.05) is 6.07 Å². The molecule has 1 aromatic rings. The highest BCUT2D eigenvalue weighted by molar-refractivity contribution is 14.1. The average Bonchev–Trinajstić information content (AvgIpc) is 2.02. The van der Waals surface area contributed by atoms with Crippen molar-refractivity contribution in [3.63, 3.8) is 0 Å². The van der Waals surface area contributed by atoms with Crippen LogP contribution >= 0.6 is 22.6 Å². The highest BCUT2D eigenvalue weighted by Gasteiger charge is 2.16. The minimum absolute atomic E-state index is 0.00111. The Labute approximate surface area is 85.3 Å². The van der Waals surface area contributed by atoms with Gasteiger partial charge < -0.3 is 4.98 Å². The molecule has 6 heteroatoms. The summed E-state index contributed by atoms with van der Waals surface area (Å²) in [6.45, 7) is 0. The van der Waals surface area contributed by atoms with Crippen molar-refractivity contribution in [1.82, 2.24) is 4.98 Å². The third-order valence-electron chi connectivity index (χ3n) is 1.39. The molecule has 0 spiro atoms. The molecule has 0 radical (unpaired) electrons. The van der Waals surface area contributed by atoms with Crippen LogP contribution in [0.2, 0.25) is 0 Å². The summed E-state index contributed by atoms with van der Waals surface area (Å²) in [5.74, 6) is 0. The van der Waals surface area contributed by atoms with Gasteiger partial charge in [-0.05, 0) is 22.6 Å². The van der Waals surface area contributed by atoms with Crippen LogP contribution in [0.25, 0.3) is 0 Å². The first-order valence-electron chi connectivity index (χ1n) is 3.22. The van der Waals surface area contributed by atoms with E-state index < -0.39 is 17.4 Å². The zero-order valence-electron chi connectivity index (χ0n) is 6.18. The number of carbonyl (C=O) groups excluding carboxylic acids is 1. The summed E-state index contributed by atoms with van der Waals surface area (Å²) in [5, 5.41) is 0. The van der Waals surface area contributed by atoms with Gasteiger partial charge in [-0.25, -0.2) is 8.78 Å². The van der Waals surface area contributed by atoms with Gasteiger partial charge in [0.1, 0.15) is 0 Å². The Hall–Kier alpha value is -0.790. The molecule has 13 heavy (non-hydrogen) atoms. The molecule has 1 aromatic heterocycles. The monoisotopic (exact) mass is 299 g/mol. The van der Waals surface area contributed by atoms with Crippen molar-refractivity contribution in [1.29, 1.82) is 0 Å². The van der Waals surface area contributed by atoms with Crippen LogP contribution in [0.4, 0.5) is 8.78 Å². The lowest BCUT2D eigenvalue weighted by atomic mass is 10.2. The predicted octanol–water partition coefficient (Wildman–Crippen LogP) is 1.73. The number of aromatic nitrogens is 1. The molecule has 0 aromatic carbocycles. The SMILES string of the molecule is O=Cc1cc(=O)c(C(F)F)c(I)[nH]1. The maximum absolute atomic E-state index is 12.2. The Balaban J connectivity index is 3.40. The minimum atomic E-state index is -2.82. The Bertz CT molecular complexity index is 389. The minimum Gasteiger partial charge on any atom is -0.347 e. The van der Waals surface area contributed by atoms with Crippen molar-refractivity contribution < 1.29 is 13.6 Å². The van der Waals surface area contributed by atoms with Crippen LogP contribution < -0.4 is 5.43 Å². The summed E-state index contributed by atoms with van der Waals surface area (Å²) in [7, 11) is 0. The molecule has 3 nitrogen and oxygen atoms in total. The van der Waals surface area contributed by atoms with E-state index in [2.05, 4.69) is 4.98 Å². The van der Waals surface area contributed by atoms with Gasteiger partial charge in [-0.1, -0.05) is 0 Å². The number of halogens is 3. The molecule has 1 N–H and O–H groups in total. The number of carbonyl (C=O) groups is 1. The maximum atomic E-state index is 12.2. The molecule has 70 valence electrons. The topological polar surface area (TPSA) is 49.9 Å². The van der Waals surface area contributed by atoms with Crippen LogP contribution in [-0.2, 0) is 0 Å². The van der Waals surface area contributed by atoms with Crippen LogP contribution in [-0.4, -0.2) is 11.3 Å². The quantitative estimate of drug-likeness (QED) is 0.513. The number of H-pyrrole nitrogens is 1. The van der Waals surface area contributed by atoms with Crippen molar-refractivity contribution in [3.8, 4) is 0 Å². The third kappa shape index (κ3) is 2.11. The van der Waals surface area contributed by atoms with E-state index >= 15 is 0 Å². The first-order chi connectivity index (χ1) is 6.06. The molecule has 0 saturated carbocycles. The molecule has 0 aliphatic rings. The molecule has 0 saturated heterocycles. The number of aldehydes is 1. The Kier molecular flexibility index (Phi) is 3.12. The largest absolute Gasteiger partial charge is 0.347 e. The van der Waals surface area contributed by atoms with Crippen molar-refractivity contribution >= 4 is 28.9 Å². The normalized spacial score (nSPS) is 10.5. The van der Waals surface area contributed by atoms with E-state index in [1.54, 1.807) is 22.6 Å². The Morgan fingerprint density at radius 3 is 2.54 bits per heavy atom. The van der Waals surface area contributed by atoms with Crippen LogP contribution in [0.5, 0.6) is 0 Å². The maximum Gasteiger partial charge on any atom is 0.270 e. The van der Waals surface area contributed by atoms with Gasteiger partial charge in [0.05, 0.1) is 15.0 Å². The van der Waals surface area contributed by atoms with Crippen molar-refractivity contribution in [3.05, 3.63) is 31.2 Å². The lowest BCUT2D eigenvalue weighted by Gasteiger charge is -2.02. The molecule has 0 aliphatic heterocycles. The summed E-state index contributed by atoms with van der Waals surface area (Å²) in [5.41, 5.74) is -1.41. The molecule has 0 aliphatic carbocycles. The Morgan fingerprint density at radius 2 is 2.15 bits per heavy atom. The number of pyridine rings is 1. The van der Waals surface area contributed by atoms with E-state index in [0.29, 0.717) is 6.29 Å². The molecule has 0 atom stereocenters. The van der Waals surface area contributed by atoms with Crippen LogP contribution in [0.3, 0.4) is 0 Å². The second-order valence-corrected chi connectivity index (χ2v) is 3.31. The zero-order valence-corrected chi connectivity index (χ0v) is 8.34. The molecule has 1 rings (SSSR count). The number of aromatic amines is 1. The van der Waals surface area contributed by atoms with Crippen molar-refractivity contribution in [2.24, 2.45) is 0 Å². The summed E-state index contributed by atoms with van der Waals surface area (Å²) in [6, 6.07) is 0.858. The lowest BCUT2D eigenvalue weighted by molar-refractivity contribution is 0.111. The molecular formula is C7H4F2INO2. The van der Waals surface area contributed by atoms with Crippen LogP contribution in [0.15, 0.2) is 10.9 Å². The van der Waals surface area contributed by atoms with E-state index in [4.69, 9.17) is 0 Å². The fraction of sp³-hybridized carbons (Fsp3) is 0.143. The van der Waals surface area contributed by atoms with Gasteiger partial charge in [-0.2, -0.15) is 0 Å². The van der Waals surface area contributed by atoms with E-state index in [-0.39, 0.29) is 9.39 Å². The number of hydrogen-bond donors (Lipinski definition) is 1. The predicted molar refractivity (Wildman–Crippen MR) is 50.1 cm³/mol. The van der Waals surface area contributed by atoms with E-state index in [1.807, 2.05) is 0 Å². The smallest absolute Gasteiger partial charge is 0.270 e. The summed E-state index contributed by atoms with van der Waals surface area (Å²) < 4.78 is 24.4. The highest BCUT2D eigenvalue weighted by atomic mass is 127. The molecule has 0 unspecified atom stereocenters. The average molecular weight is 299 g/mol. The number of hydrogen-bond acceptors (Lipinski definition) is 2. The highest BCUT2D eigenvalue weighted by Crippen LogP contribution is 2.19. The first kappa shape index (κ1) is 10.3. The van der Waals surface area contributed by atoms with Crippen LogP contribution in [0.1, 0.15) is 22.5 Å². The fourth-order valence-corrected chi connectivity index (χ4v) is 1.64. The van der Waals surface area contributed by atoms with Gasteiger partial charge in [0.25, 0.3) is 6.43 Å². The fourth-order valence-electron chi connectivity index (χ4n) is 0.824. The molecule has 0 fully saturated rings. The first-order valence-corrected chi connectivity index (χ1v) is 4.30. The van der Waals surface area contributed by atoms with Crippen molar-refractivity contribution in [2.75, 3.05) is 0 Å². The third-order valence-corrected chi connectivity index (χ3v) is 2.24. The van der Waals surface area contributed by atoms with E-state index in [0.717, 1.165) is 6.07 Å². The van der Waals surface area contributed by atoms with Gasteiger partial charge >= 0.3 is 0 Å². The van der Waals surface area contributed by atoms with Gasteiger partial charge in [-0.15, -0.1) is 0 Å². The molecular weight excluding hydrogens is 295 g/mol. The second kappa shape index (κ2) is 3.95. The second-order valence-electron chi connectivity index (χ2n) is 2.24. The lowest BCUT2D eigenvalue weighted by Crippen LogP contribution is -2.14. The molecule has 0 bridgehead atoms. The summed E-state index contributed by atoms with van der Waals surface area (Å²) >= 11 is 1.56. The zero-order chi connectivity index (χ0) is 10.0.